The van der Waals surface area contributed by atoms with Gasteiger partial charge in [-0.05, 0) is 67.4 Å². The van der Waals surface area contributed by atoms with Crippen LogP contribution in [0.3, 0.4) is 0 Å². The van der Waals surface area contributed by atoms with E-state index in [2.05, 4.69) is 4.98 Å². The Morgan fingerprint density at radius 3 is 2.38 bits per heavy atom. The maximum Gasteiger partial charge on any atom is 0.338 e. The molecule has 0 saturated heterocycles. The molecule has 1 aromatic heterocycles. The summed E-state index contributed by atoms with van der Waals surface area (Å²) in [6.07, 6.45) is 0.459. The van der Waals surface area contributed by atoms with Crippen LogP contribution >= 0.6 is 0 Å². The minimum Gasteiger partial charge on any atom is -0.497 e. The summed E-state index contributed by atoms with van der Waals surface area (Å²) in [7, 11) is -2.45. The normalized spacial score (nSPS) is 11.5. The first-order valence-corrected chi connectivity index (χ1v) is 13.3. The highest BCUT2D eigenvalue weighted by Crippen LogP contribution is 2.22. The molecule has 8 nitrogen and oxygen atoms in total. The van der Waals surface area contributed by atoms with E-state index in [1.54, 1.807) is 38.3 Å². The Bertz CT molecular complexity index is 1550. The summed E-state index contributed by atoms with van der Waals surface area (Å²) >= 11 is 0. The summed E-state index contributed by atoms with van der Waals surface area (Å²) in [5.41, 5.74) is 1.80. The summed E-state index contributed by atoms with van der Waals surface area (Å²) in [6.45, 7) is 1.95. The first-order chi connectivity index (χ1) is 17.8. The molecule has 0 aliphatic carbocycles. The van der Waals surface area contributed by atoms with Gasteiger partial charge in [0, 0.05) is 29.6 Å². The minimum absolute atomic E-state index is 0.0208. The van der Waals surface area contributed by atoms with Crippen LogP contribution in [0.2, 0.25) is 0 Å². The molecule has 0 unspecified atom stereocenters. The Morgan fingerprint density at radius 2 is 1.70 bits per heavy atom. The van der Waals surface area contributed by atoms with Gasteiger partial charge in [-0.3, -0.25) is 4.79 Å². The van der Waals surface area contributed by atoms with Gasteiger partial charge < -0.3 is 14.5 Å². The summed E-state index contributed by atoms with van der Waals surface area (Å²) in [4.78, 5) is 27.7. The van der Waals surface area contributed by atoms with Gasteiger partial charge in [-0.1, -0.05) is 30.3 Å². The van der Waals surface area contributed by atoms with Crippen LogP contribution in [0, 0.1) is 0 Å². The monoisotopic (exact) mass is 520 g/mol. The number of methoxy groups -OCH3 is 1. The summed E-state index contributed by atoms with van der Waals surface area (Å²) in [5.74, 6) is 0.103. The van der Waals surface area contributed by atoms with Crippen molar-refractivity contribution in [3.05, 3.63) is 106 Å². The van der Waals surface area contributed by atoms with E-state index in [4.69, 9.17) is 9.47 Å². The Labute approximate surface area is 215 Å². The third-order valence-electron chi connectivity index (χ3n) is 5.97. The molecule has 192 valence electrons. The number of nitrogens with zero attached hydrogens (tertiary/aromatic N) is 1. The number of carbonyl (C=O) groups excluding carboxylic acids is 1. The zero-order valence-corrected chi connectivity index (χ0v) is 21.5. The second kappa shape index (κ2) is 11.4. The molecule has 0 amide bonds. The number of nitrogens with one attached hydrogen (secondary N) is 1. The van der Waals surface area contributed by atoms with Crippen molar-refractivity contribution in [2.45, 2.75) is 24.8 Å². The second-order valence-corrected chi connectivity index (χ2v) is 10.3. The van der Waals surface area contributed by atoms with Crippen molar-refractivity contribution < 1.29 is 22.7 Å². The number of fused-ring (bicyclic) bond motifs is 1. The fraction of sp³-hybridized carbons (Fsp3) is 0.214. The number of sulfonamides is 1. The Kier molecular flexibility index (Phi) is 8.05. The molecular weight excluding hydrogens is 492 g/mol. The lowest BCUT2D eigenvalue weighted by atomic mass is 10.1. The molecule has 0 fully saturated rings. The Hall–Kier alpha value is -3.95. The topological polar surface area (TPSA) is 106 Å². The summed E-state index contributed by atoms with van der Waals surface area (Å²) < 4.78 is 39.0. The van der Waals surface area contributed by atoms with Gasteiger partial charge in [0.1, 0.15) is 5.75 Å². The number of ether oxygens (including phenoxy) is 2. The molecule has 37 heavy (non-hydrogen) atoms. The fourth-order valence-electron chi connectivity index (χ4n) is 3.97. The maximum absolute atomic E-state index is 13.7. The number of hydrogen-bond donors (Lipinski definition) is 1. The number of aromatic amines is 1. The van der Waals surface area contributed by atoms with Crippen molar-refractivity contribution in [3.63, 3.8) is 0 Å². The van der Waals surface area contributed by atoms with E-state index in [0.29, 0.717) is 23.3 Å². The molecule has 0 aliphatic rings. The van der Waals surface area contributed by atoms with Crippen LogP contribution in [-0.2, 0) is 27.7 Å². The number of rotatable bonds is 10. The smallest absolute Gasteiger partial charge is 0.338 e. The third kappa shape index (κ3) is 6.07. The highest BCUT2D eigenvalue weighted by molar-refractivity contribution is 7.89. The lowest BCUT2D eigenvalue weighted by molar-refractivity contribution is 0.0526. The van der Waals surface area contributed by atoms with E-state index in [-0.39, 0.29) is 35.7 Å². The molecule has 3 aromatic carbocycles. The predicted octanol–water partition coefficient (Wildman–Crippen LogP) is 4.15. The summed E-state index contributed by atoms with van der Waals surface area (Å²) in [6, 6.07) is 22.1. The van der Waals surface area contributed by atoms with Crippen molar-refractivity contribution in [3.8, 4) is 5.75 Å². The van der Waals surface area contributed by atoms with Gasteiger partial charge in [0.25, 0.3) is 5.56 Å². The SMILES string of the molecule is CCOC(=O)c1ccc(S(=O)(=O)N(CCc2ccccc2)Cc2cc3cc(OC)ccc3[nH]c2=O)cc1. The lowest BCUT2D eigenvalue weighted by Crippen LogP contribution is -2.34. The van der Waals surface area contributed by atoms with Gasteiger partial charge in [0.15, 0.2) is 0 Å². The predicted molar refractivity (Wildman–Crippen MR) is 141 cm³/mol. The van der Waals surface area contributed by atoms with E-state index in [0.717, 1.165) is 10.9 Å². The van der Waals surface area contributed by atoms with Gasteiger partial charge >= 0.3 is 5.97 Å². The van der Waals surface area contributed by atoms with Crippen LogP contribution < -0.4 is 10.3 Å². The van der Waals surface area contributed by atoms with Gasteiger partial charge in [-0.25, -0.2) is 13.2 Å². The number of H-pyrrole nitrogens is 1. The van der Waals surface area contributed by atoms with Crippen molar-refractivity contribution in [1.29, 1.82) is 0 Å². The highest BCUT2D eigenvalue weighted by Gasteiger charge is 2.26. The molecule has 0 atom stereocenters. The van der Waals surface area contributed by atoms with E-state index >= 15 is 0 Å². The van der Waals surface area contributed by atoms with Crippen LogP contribution in [0.5, 0.6) is 5.75 Å². The van der Waals surface area contributed by atoms with E-state index in [1.807, 2.05) is 30.3 Å². The quantitative estimate of drug-likeness (QED) is 0.315. The van der Waals surface area contributed by atoms with Crippen LogP contribution in [0.4, 0.5) is 0 Å². The average molecular weight is 521 g/mol. The van der Waals surface area contributed by atoms with Crippen LogP contribution in [-0.4, -0.2) is 43.9 Å². The first-order valence-electron chi connectivity index (χ1n) is 11.8. The minimum atomic E-state index is -4.00. The first kappa shape index (κ1) is 26.1. The molecule has 1 N–H and O–H groups in total. The van der Waals surface area contributed by atoms with Gasteiger partial charge in [-0.2, -0.15) is 4.31 Å². The molecule has 1 heterocycles. The Morgan fingerprint density at radius 1 is 0.973 bits per heavy atom. The zero-order valence-electron chi connectivity index (χ0n) is 20.6. The fourth-order valence-corrected chi connectivity index (χ4v) is 5.39. The number of hydrogen-bond acceptors (Lipinski definition) is 6. The number of esters is 1. The molecule has 0 saturated carbocycles. The number of pyridine rings is 1. The van der Waals surface area contributed by atoms with E-state index < -0.39 is 16.0 Å². The number of carbonyl (C=O) groups is 1. The summed E-state index contributed by atoms with van der Waals surface area (Å²) in [5, 5.41) is 0.730. The van der Waals surface area contributed by atoms with Crippen molar-refractivity contribution in [2.75, 3.05) is 20.3 Å². The van der Waals surface area contributed by atoms with Crippen LogP contribution in [0.25, 0.3) is 10.9 Å². The van der Waals surface area contributed by atoms with Crippen molar-refractivity contribution >= 4 is 26.9 Å². The lowest BCUT2D eigenvalue weighted by Gasteiger charge is -2.22. The van der Waals surface area contributed by atoms with Gasteiger partial charge in [-0.15, -0.1) is 0 Å². The Balaban J connectivity index is 1.69. The molecule has 4 rings (SSSR count). The van der Waals surface area contributed by atoms with Gasteiger partial charge in [0.05, 0.1) is 24.2 Å². The third-order valence-corrected chi connectivity index (χ3v) is 7.83. The van der Waals surface area contributed by atoms with Crippen LogP contribution in [0.15, 0.2) is 88.6 Å². The second-order valence-electron chi connectivity index (χ2n) is 8.40. The molecule has 0 radical (unpaired) electrons. The molecule has 4 aromatic rings. The number of benzene rings is 3. The number of aromatic nitrogens is 1. The molecule has 9 heteroatoms. The maximum atomic E-state index is 13.7. The van der Waals surface area contributed by atoms with Crippen molar-refractivity contribution in [2.24, 2.45) is 0 Å². The molecule has 0 aliphatic heterocycles. The standard InChI is InChI=1S/C28H28N2O6S/c1-3-36-28(32)21-9-12-25(13-10-21)37(33,34)30(16-15-20-7-5-4-6-8-20)19-23-17-22-18-24(35-2)11-14-26(22)29-27(23)31/h4-14,17-18H,3,15-16,19H2,1-2H3,(H,29,31). The highest BCUT2D eigenvalue weighted by atomic mass is 32.2. The average Bonchev–Trinajstić information content (AvgIpc) is 2.91. The van der Waals surface area contributed by atoms with Crippen LogP contribution in [0.1, 0.15) is 28.4 Å². The molecular formula is C28H28N2O6S. The van der Waals surface area contributed by atoms with E-state index in [9.17, 15) is 18.0 Å². The zero-order chi connectivity index (χ0) is 26.4. The van der Waals surface area contributed by atoms with E-state index in [1.165, 1.54) is 28.6 Å². The van der Waals surface area contributed by atoms with Gasteiger partial charge in [0.2, 0.25) is 10.0 Å². The largest absolute Gasteiger partial charge is 0.497 e. The molecule has 0 spiro atoms. The van der Waals surface area contributed by atoms with Crippen molar-refractivity contribution in [1.82, 2.24) is 9.29 Å². The molecule has 0 bridgehead atoms.